The van der Waals surface area contributed by atoms with E-state index in [1.807, 2.05) is 51.4 Å². The summed E-state index contributed by atoms with van der Waals surface area (Å²) in [5.74, 6) is -0.212. The maximum absolute atomic E-state index is 12.5. The normalized spacial score (nSPS) is 13.6. The van der Waals surface area contributed by atoms with E-state index in [0.717, 1.165) is 17.5 Å². The number of likely N-dealkylation sites (N-methyl/N-ethyl adjacent to an activating group) is 1. The molecule has 0 radical (unpaired) electrons. The fourth-order valence-corrected chi connectivity index (χ4v) is 3.58. The molecule has 1 heterocycles. The van der Waals surface area contributed by atoms with Crippen molar-refractivity contribution < 1.29 is 9.21 Å². The van der Waals surface area contributed by atoms with E-state index in [1.165, 1.54) is 5.56 Å². The van der Waals surface area contributed by atoms with Crippen LogP contribution in [0.1, 0.15) is 36.0 Å². The Bertz CT molecular complexity index is 1020. The summed E-state index contributed by atoms with van der Waals surface area (Å²) in [5.41, 5.74) is 4.54. The molecule has 0 spiro atoms. The van der Waals surface area contributed by atoms with Crippen LogP contribution >= 0.6 is 0 Å². The van der Waals surface area contributed by atoms with Crippen LogP contribution in [0.3, 0.4) is 0 Å². The summed E-state index contributed by atoms with van der Waals surface area (Å²) >= 11 is 0. The maximum Gasteiger partial charge on any atom is 0.417 e. The third-order valence-corrected chi connectivity index (χ3v) is 5.53. The van der Waals surface area contributed by atoms with E-state index in [0.29, 0.717) is 24.1 Å². The summed E-state index contributed by atoms with van der Waals surface area (Å²) in [6.07, 6.45) is 1.21. The number of H-pyrrole nitrogens is 1. The maximum atomic E-state index is 12.5. The Morgan fingerprint density at radius 3 is 2.59 bits per heavy atom. The fraction of sp³-hybridized carbons (Fsp3) is 0.391. The molecule has 0 saturated carbocycles. The number of rotatable bonds is 8. The quantitative estimate of drug-likeness (QED) is 0.614. The Kier molecular flexibility index (Phi) is 6.54. The summed E-state index contributed by atoms with van der Waals surface area (Å²) < 4.78 is 5.27. The second-order valence-electron chi connectivity index (χ2n) is 7.88. The highest BCUT2D eigenvalue weighted by atomic mass is 16.4. The Morgan fingerprint density at radius 1 is 1.17 bits per heavy atom. The summed E-state index contributed by atoms with van der Waals surface area (Å²) in [7, 11) is 4.02. The number of nitrogens with one attached hydrogen (secondary N) is 2. The molecule has 0 bridgehead atoms. The van der Waals surface area contributed by atoms with Gasteiger partial charge in [0.1, 0.15) is 0 Å². The van der Waals surface area contributed by atoms with Crippen molar-refractivity contribution in [2.24, 2.45) is 0 Å². The highest BCUT2D eigenvalue weighted by Crippen LogP contribution is 2.21. The van der Waals surface area contributed by atoms with Crippen LogP contribution in [0.5, 0.6) is 0 Å². The average Bonchev–Trinajstić information content (AvgIpc) is 3.08. The van der Waals surface area contributed by atoms with E-state index in [2.05, 4.69) is 34.3 Å². The molecule has 0 fully saturated rings. The second-order valence-corrected chi connectivity index (χ2v) is 7.88. The molecular weight excluding hydrogens is 366 g/mol. The predicted octanol–water partition coefficient (Wildman–Crippen LogP) is 3.21. The van der Waals surface area contributed by atoms with E-state index >= 15 is 0 Å². The first-order valence-electron chi connectivity index (χ1n) is 9.94. The predicted molar refractivity (Wildman–Crippen MR) is 115 cm³/mol. The van der Waals surface area contributed by atoms with Gasteiger partial charge in [-0.25, -0.2) is 4.79 Å². The molecule has 3 rings (SSSR count). The molecule has 154 valence electrons. The van der Waals surface area contributed by atoms with Crippen molar-refractivity contribution in [3.8, 4) is 0 Å². The van der Waals surface area contributed by atoms with Gasteiger partial charge in [0.15, 0.2) is 5.58 Å². The molecule has 1 unspecified atom stereocenters. The minimum atomic E-state index is -0.441. The third kappa shape index (κ3) is 5.15. The number of hydrogen-bond acceptors (Lipinski definition) is 4. The molecule has 0 aliphatic carbocycles. The van der Waals surface area contributed by atoms with Crippen LogP contribution < -0.4 is 11.1 Å². The lowest BCUT2D eigenvalue weighted by Gasteiger charge is -2.25. The van der Waals surface area contributed by atoms with Gasteiger partial charge in [0.05, 0.1) is 5.52 Å². The highest BCUT2D eigenvalue weighted by Gasteiger charge is 2.18. The molecule has 1 aromatic heterocycles. The molecule has 29 heavy (non-hydrogen) atoms. The molecular formula is C23H29N3O3. The standard InChI is InChI=1S/C23H29N3O3/c1-15(17-8-6-5-7-9-17)12-21(27)24-14-19(26(3)4)13-18-10-11-20-22(16(18)2)29-23(28)25-20/h5-11,15,19H,12-14H2,1-4H3,(H,24,27)(H,25,28)/t15?,19-/m0/s1. The van der Waals surface area contributed by atoms with Crippen molar-refractivity contribution in [2.45, 2.75) is 38.6 Å². The van der Waals surface area contributed by atoms with E-state index in [9.17, 15) is 9.59 Å². The molecule has 6 nitrogen and oxygen atoms in total. The molecule has 3 aromatic rings. The number of carbonyl (C=O) groups is 1. The van der Waals surface area contributed by atoms with Gasteiger partial charge >= 0.3 is 5.76 Å². The van der Waals surface area contributed by atoms with Crippen molar-refractivity contribution in [3.63, 3.8) is 0 Å². The summed E-state index contributed by atoms with van der Waals surface area (Å²) in [6.45, 7) is 4.59. The van der Waals surface area contributed by atoms with Crippen LogP contribution in [-0.2, 0) is 11.2 Å². The lowest BCUT2D eigenvalue weighted by molar-refractivity contribution is -0.121. The van der Waals surface area contributed by atoms with Crippen LogP contribution in [0.4, 0.5) is 0 Å². The van der Waals surface area contributed by atoms with Gasteiger partial charge in [-0.1, -0.05) is 43.3 Å². The number of aromatic amines is 1. The van der Waals surface area contributed by atoms with Gasteiger partial charge in [0.25, 0.3) is 0 Å². The fourth-order valence-electron chi connectivity index (χ4n) is 3.58. The van der Waals surface area contributed by atoms with E-state index < -0.39 is 5.76 Å². The second kappa shape index (κ2) is 9.09. The van der Waals surface area contributed by atoms with Gasteiger partial charge in [-0.05, 0) is 56.1 Å². The first-order valence-corrected chi connectivity index (χ1v) is 9.94. The zero-order valence-corrected chi connectivity index (χ0v) is 17.5. The van der Waals surface area contributed by atoms with Gasteiger partial charge in [0.2, 0.25) is 5.91 Å². The number of aryl methyl sites for hydroxylation is 1. The molecule has 0 saturated heterocycles. The lowest BCUT2D eigenvalue weighted by Crippen LogP contribution is -2.42. The van der Waals surface area contributed by atoms with Crippen LogP contribution in [0.25, 0.3) is 11.1 Å². The molecule has 2 atom stereocenters. The lowest BCUT2D eigenvalue weighted by atomic mass is 9.97. The average molecular weight is 396 g/mol. The van der Waals surface area contributed by atoms with Crippen molar-refractivity contribution >= 4 is 17.0 Å². The van der Waals surface area contributed by atoms with Crippen LogP contribution in [-0.4, -0.2) is 42.5 Å². The van der Waals surface area contributed by atoms with E-state index in [1.54, 1.807) is 0 Å². The van der Waals surface area contributed by atoms with Gasteiger partial charge in [-0.15, -0.1) is 0 Å². The summed E-state index contributed by atoms with van der Waals surface area (Å²) in [4.78, 5) is 28.7. The monoisotopic (exact) mass is 395 g/mol. The summed E-state index contributed by atoms with van der Waals surface area (Å²) in [6, 6.07) is 14.1. The number of benzene rings is 2. The van der Waals surface area contributed by atoms with Crippen molar-refractivity contribution in [2.75, 3.05) is 20.6 Å². The molecule has 0 aliphatic rings. The Labute approximate surface area is 170 Å². The topological polar surface area (TPSA) is 78.3 Å². The van der Waals surface area contributed by atoms with Gasteiger partial charge < -0.3 is 14.6 Å². The zero-order chi connectivity index (χ0) is 21.0. The SMILES string of the molecule is Cc1c(C[C@@H](CNC(=O)CC(C)c2ccccc2)N(C)C)ccc2[nH]c(=O)oc12. The number of aromatic nitrogens is 1. The van der Waals surface area contributed by atoms with Gasteiger partial charge in [-0.3, -0.25) is 9.78 Å². The summed E-state index contributed by atoms with van der Waals surface area (Å²) in [5, 5.41) is 3.09. The number of fused-ring (bicyclic) bond motifs is 1. The van der Waals surface area contributed by atoms with E-state index in [4.69, 9.17) is 4.42 Å². The third-order valence-electron chi connectivity index (χ3n) is 5.53. The Balaban J connectivity index is 1.62. The highest BCUT2D eigenvalue weighted by molar-refractivity contribution is 5.77. The van der Waals surface area contributed by atoms with Crippen LogP contribution in [0.2, 0.25) is 0 Å². The number of carbonyl (C=O) groups excluding carboxylic acids is 1. The number of amides is 1. The minimum Gasteiger partial charge on any atom is -0.408 e. The smallest absolute Gasteiger partial charge is 0.408 e. The molecule has 0 aliphatic heterocycles. The minimum absolute atomic E-state index is 0.0528. The van der Waals surface area contributed by atoms with Gasteiger partial charge in [-0.2, -0.15) is 0 Å². The zero-order valence-electron chi connectivity index (χ0n) is 17.5. The van der Waals surface area contributed by atoms with E-state index in [-0.39, 0.29) is 17.9 Å². The first kappa shape index (κ1) is 20.9. The van der Waals surface area contributed by atoms with Crippen LogP contribution in [0, 0.1) is 6.92 Å². The molecule has 6 heteroatoms. The largest absolute Gasteiger partial charge is 0.417 e. The van der Waals surface area contributed by atoms with Gasteiger partial charge in [0, 0.05) is 19.0 Å². The van der Waals surface area contributed by atoms with Crippen molar-refractivity contribution in [3.05, 3.63) is 69.7 Å². The van der Waals surface area contributed by atoms with Crippen molar-refractivity contribution in [1.82, 2.24) is 15.2 Å². The number of nitrogens with zero attached hydrogens (tertiary/aromatic N) is 1. The Hall–Kier alpha value is -2.86. The Morgan fingerprint density at radius 2 is 1.90 bits per heavy atom. The van der Waals surface area contributed by atoms with Crippen LogP contribution in [0.15, 0.2) is 51.7 Å². The number of oxazole rings is 1. The molecule has 2 aromatic carbocycles. The number of hydrogen-bond donors (Lipinski definition) is 2. The molecule has 2 N–H and O–H groups in total. The first-order chi connectivity index (χ1) is 13.8. The molecule has 1 amide bonds. The van der Waals surface area contributed by atoms with Crippen molar-refractivity contribution in [1.29, 1.82) is 0 Å².